The summed E-state index contributed by atoms with van der Waals surface area (Å²) < 4.78 is 36.3. The minimum absolute atomic E-state index is 0.189. The van der Waals surface area contributed by atoms with E-state index in [0.29, 0.717) is 12.8 Å². The quantitative estimate of drug-likeness (QED) is 0.670. The molecule has 0 heterocycles. The zero-order valence-corrected chi connectivity index (χ0v) is 7.53. The van der Waals surface area contributed by atoms with Crippen molar-refractivity contribution in [3.05, 3.63) is 0 Å². The van der Waals surface area contributed by atoms with Gasteiger partial charge in [-0.15, -0.1) is 0 Å². The van der Waals surface area contributed by atoms with E-state index in [1.165, 1.54) is 0 Å². The SMILES string of the molecule is NS(=O)(=O)NCC1(F)CCCC1. The predicted molar refractivity (Wildman–Crippen MR) is 43.4 cm³/mol. The Bertz CT molecular complexity index is 246. The van der Waals surface area contributed by atoms with Crippen LogP contribution in [0.15, 0.2) is 0 Å². The Labute approximate surface area is 71.5 Å². The van der Waals surface area contributed by atoms with E-state index in [1.807, 2.05) is 4.72 Å². The van der Waals surface area contributed by atoms with Crippen molar-refractivity contribution in [3.8, 4) is 0 Å². The molecule has 12 heavy (non-hydrogen) atoms. The summed E-state index contributed by atoms with van der Waals surface area (Å²) in [5, 5.41) is 4.67. The standard InChI is InChI=1S/C6H13FN2O2S/c7-6(3-1-2-4-6)5-9-12(8,10)11/h9H,1-5H2,(H2,8,10,11). The van der Waals surface area contributed by atoms with Crippen LogP contribution in [0, 0.1) is 0 Å². The van der Waals surface area contributed by atoms with Crippen molar-refractivity contribution >= 4 is 10.2 Å². The van der Waals surface area contributed by atoms with Crippen LogP contribution in [0.25, 0.3) is 0 Å². The van der Waals surface area contributed by atoms with Crippen molar-refractivity contribution in [2.75, 3.05) is 6.54 Å². The molecule has 1 fully saturated rings. The first-order valence-corrected chi connectivity index (χ1v) is 5.42. The van der Waals surface area contributed by atoms with Crippen LogP contribution < -0.4 is 9.86 Å². The number of halogens is 1. The smallest absolute Gasteiger partial charge is 0.242 e. The van der Waals surface area contributed by atoms with Gasteiger partial charge in [-0.05, 0) is 12.8 Å². The zero-order chi connectivity index (χ0) is 9.24. The van der Waals surface area contributed by atoms with Gasteiger partial charge in [0.25, 0.3) is 10.2 Å². The zero-order valence-electron chi connectivity index (χ0n) is 6.72. The fraction of sp³-hybridized carbons (Fsp3) is 1.00. The third kappa shape index (κ3) is 3.04. The number of nitrogens with two attached hydrogens (primary N) is 1. The van der Waals surface area contributed by atoms with Crippen molar-refractivity contribution < 1.29 is 12.8 Å². The molecule has 0 amide bonds. The summed E-state index contributed by atoms with van der Waals surface area (Å²) in [4.78, 5) is 0. The van der Waals surface area contributed by atoms with Crippen molar-refractivity contribution in [2.45, 2.75) is 31.4 Å². The van der Waals surface area contributed by atoms with Gasteiger partial charge in [-0.1, -0.05) is 12.8 Å². The van der Waals surface area contributed by atoms with Gasteiger partial charge in [0.15, 0.2) is 0 Å². The maximum atomic E-state index is 13.5. The molecular formula is C6H13FN2O2S. The largest absolute Gasteiger partial charge is 0.274 e. The Morgan fingerprint density at radius 3 is 2.33 bits per heavy atom. The van der Waals surface area contributed by atoms with E-state index in [-0.39, 0.29) is 6.54 Å². The molecule has 0 saturated heterocycles. The predicted octanol–water partition coefficient (Wildman–Crippen LogP) is 0.0618. The van der Waals surface area contributed by atoms with E-state index in [1.54, 1.807) is 0 Å². The van der Waals surface area contributed by atoms with Gasteiger partial charge in [-0.25, -0.2) is 9.53 Å². The maximum absolute atomic E-state index is 13.5. The van der Waals surface area contributed by atoms with Crippen molar-refractivity contribution in [1.82, 2.24) is 4.72 Å². The number of hydrogen-bond donors (Lipinski definition) is 2. The maximum Gasteiger partial charge on any atom is 0.274 e. The molecule has 0 unspecified atom stereocenters. The molecule has 3 N–H and O–H groups in total. The fourth-order valence-electron chi connectivity index (χ4n) is 1.42. The fourth-order valence-corrected chi connectivity index (χ4v) is 1.88. The highest BCUT2D eigenvalue weighted by Gasteiger charge is 2.34. The third-order valence-electron chi connectivity index (χ3n) is 2.09. The van der Waals surface area contributed by atoms with E-state index < -0.39 is 15.9 Å². The lowest BCUT2D eigenvalue weighted by Crippen LogP contribution is -2.40. The summed E-state index contributed by atoms with van der Waals surface area (Å²) in [5.41, 5.74) is -1.37. The number of hydrogen-bond acceptors (Lipinski definition) is 2. The molecule has 1 aliphatic rings. The Hall–Kier alpha value is -0.200. The van der Waals surface area contributed by atoms with Crippen LogP contribution in [-0.2, 0) is 10.2 Å². The first-order valence-electron chi connectivity index (χ1n) is 3.88. The lowest BCUT2D eigenvalue weighted by atomic mass is 10.1. The average molecular weight is 196 g/mol. The van der Waals surface area contributed by atoms with Gasteiger partial charge in [0.1, 0.15) is 5.67 Å². The lowest BCUT2D eigenvalue weighted by Gasteiger charge is -2.17. The summed E-state index contributed by atoms with van der Waals surface area (Å²) in [6.45, 7) is -0.189. The van der Waals surface area contributed by atoms with E-state index in [9.17, 15) is 12.8 Å². The van der Waals surface area contributed by atoms with E-state index in [4.69, 9.17) is 0 Å². The van der Waals surface area contributed by atoms with Crippen LogP contribution in [0.1, 0.15) is 25.7 Å². The van der Waals surface area contributed by atoms with Crippen molar-refractivity contribution in [3.63, 3.8) is 0 Å². The molecule has 0 aromatic rings. The molecule has 0 atom stereocenters. The highest BCUT2D eigenvalue weighted by molar-refractivity contribution is 7.87. The number of nitrogens with one attached hydrogen (secondary N) is 1. The van der Waals surface area contributed by atoms with Crippen molar-refractivity contribution in [1.29, 1.82) is 0 Å². The molecule has 0 bridgehead atoms. The molecular weight excluding hydrogens is 183 g/mol. The molecule has 6 heteroatoms. The van der Waals surface area contributed by atoms with Crippen LogP contribution in [0.4, 0.5) is 4.39 Å². The third-order valence-corrected chi connectivity index (χ3v) is 2.64. The molecule has 1 saturated carbocycles. The Morgan fingerprint density at radius 1 is 1.42 bits per heavy atom. The molecule has 0 aromatic carbocycles. The summed E-state index contributed by atoms with van der Waals surface area (Å²) >= 11 is 0. The Kier molecular flexibility index (Phi) is 2.70. The molecule has 0 spiro atoms. The second kappa shape index (κ2) is 3.27. The van der Waals surface area contributed by atoms with Gasteiger partial charge in [0, 0.05) is 6.54 Å². The molecule has 1 rings (SSSR count). The van der Waals surface area contributed by atoms with E-state index in [2.05, 4.69) is 5.14 Å². The first kappa shape index (κ1) is 9.88. The summed E-state index contributed by atoms with van der Waals surface area (Å²) in [6.07, 6.45) is 2.50. The van der Waals surface area contributed by atoms with Gasteiger partial charge in [0.05, 0.1) is 0 Å². The molecule has 0 radical (unpaired) electrons. The highest BCUT2D eigenvalue weighted by Crippen LogP contribution is 2.32. The van der Waals surface area contributed by atoms with Gasteiger partial charge in [-0.2, -0.15) is 13.1 Å². The van der Waals surface area contributed by atoms with Gasteiger partial charge in [-0.3, -0.25) is 0 Å². The van der Waals surface area contributed by atoms with Crippen LogP contribution in [0.2, 0.25) is 0 Å². The van der Waals surface area contributed by atoms with Crippen LogP contribution in [0.3, 0.4) is 0 Å². The molecule has 72 valence electrons. The van der Waals surface area contributed by atoms with Crippen molar-refractivity contribution in [2.24, 2.45) is 5.14 Å². The minimum Gasteiger partial charge on any atom is -0.242 e. The summed E-state index contributed by atoms with van der Waals surface area (Å²) in [5.74, 6) is 0. The topological polar surface area (TPSA) is 72.2 Å². The van der Waals surface area contributed by atoms with E-state index >= 15 is 0 Å². The Balaban J connectivity index is 2.41. The average Bonchev–Trinajstić information content (AvgIpc) is 2.32. The van der Waals surface area contributed by atoms with Gasteiger partial charge < -0.3 is 0 Å². The van der Waals surface area contributed by atoms with E-state index in [0.717, 1.165) is 12.8 Å². The highest BCUT2D eigenvalue weighted by atomic mass is 32.2. The molecule has 4 nitrogen and oxygen atoms in total. The number of alkyl halides is 1. The number of rotatable bonds is 3. The van der Waals surface area contributed by atoms with Crippen LogP contribution >= 0.6 is 0 Å². The summed E-state index contributed by atoms with van der Waals surface area (Å²) in [7, 11) is -3.74. The van der Waals surface area contributed by atoms with Crippen LogP contribution in [-0.4, -0.2) is 20.6 Å². The van der Waals surface area contributed by atoms with Crippen LogP contribution in [0.5, 0.6) is 0 Å². The summed E-state index contributed by atoms with van der Waals surface area (Å²) in [6, 6.07) is 0. The van der Waals surface area contributed by atoms with Gasteiger partial charge in [0.2, 0.25) is 0 Å². The lowest BCUT2D eigenvalue weighted by molar-refractivity contribution is 0.177. The first-order chi connectivity index (χ1) is 5.41. The molecule has 1 aliphatic carbocycles. The monoisotopic (exact) mass is 196 g/mol. The molecule has 0 aromatic heterocycles. The minimum atomic E-state index is -3.74. The molecule has 0 aliphatic heterocycles. The second-order valence-corrected chi connectivity index (χ2v) is 4.60. The Morgan fingerprint density at radius 2 is 1.92 bits per heavy atom. The van der Waals surface area contributed by atoms with Gasteiger partial charge >= 0.3 is 0 Å². The second-order valence-electron chi connectivity index (χ2n) is 3.22. The normalized spacial score (nSPS) is 22.8.